The second kappa shape index (κ2) is 7.90. The van der Waals surface area contributed by atoms with Crippen LogP contribution >= 0.6 is 11.6 Å². The molecular weight excluding hydrogens is 240 g/mol. The fraction of sp³-hybridized carbons (Fsp3) is 0.500. The summed E-state index contributed by atoms with van der Waals surface area (Å²) in [5, 5.41) is 2.80. The lowest BCUT2D eigenvalue weighted by molar-refractivity contribution is 0.0952. The van der Waals surface area contributed by atoms with Gasteiger partial charge < -0.3 is 10.3 Å². The zero-order valence-corrected chi connectivity index (χ0v) is 10.4. The monoisotopic (exact) mass is 256 g/mol. The number of halogens is 1. The van der Waals surface area contributed by atoms with Gasteiger partial charge in [0.05, 0.1) is 5.56 Å². The number of unbranched alkanes of at least 4 members (excludes halogenated alkanes) is 3. The third-order valence-corrected chi connectivity index (χ3v) is 2.66. The summed E-state index contributed by atoms with van der Waals surface area (Å²) in [5.41, 5.74) is 0.271. The molecule has 1 amide bonds. The maximum absolute atomic E-state index is 11.6. The molecule has 0 unspecified atom stereocenters. The first kappa shape index (κ1) is 13.8. The molecule has 1 heterocycles. The lowest BCUT2D eigenvalue weighted by Gasteiger charge is -2.04. The average molecular weight is 257 g/mol. The van der Waals surface area contributed by atoms with E-state index in [1.54, 1.807) is 0 Å². The van der Waals surface area contributed by atoms with E-state index >= 15 is 0 Å². The Morgan fingerprint density at radius 1 is 1.24 bits per heavy atom. The fourth-order valence-corrected chi connectivity index (χ4v) is 1.62. The molecule has 0 bridgehead atoms. The molecule has 0 radical (unpaired) electrons. The van der Waals surface area contributed by atoms with Gasteiger partial charge in [-0.05, 0) is 18.9 Å². The molecule has 0 aliphatic rings. The van der Waals surface area contributed by atoms with E-state index in [0.29, 0.717) is 18.0 Å². The van der Waals surface area contributed by atoms with Crippen LogP contribution in [0.15, 0.2) is 23.1 Å². The number of alkyl halides is 1. The minimum Gasteiger partial charge on any atom is -0.352 e. The molecule has 0 spiro atoms. The Kier molecular flexibility index (Phi) is 6.40. The molecular formula is C12H17ClN2O2. The summed E-state index contributed by atoms with van der Waals surface area (Å²) in [6.07, 6.45) is 5.56. The maximum Gasteiger partial charge on any atom is 0.252 e. The van der Waals surface area contributed by atoms with E-state index in [1.807, 2.05) is 0 Å². The quantitative estimate of drug-likeness (QED) is 0.578. The van der Waals surface area contributed by atoms with Crippen LogP contribution in [0.1, 0.15) is 36.0 Å². The van der Waals surface area contributed by atoms with Crippen LogP contribution in [0, 0.1) is 0 Å². The van der Waals surface area contributed by atoms with Gasteiger partial charge >= 0.3 is 0 Å². The molecule has 4 nitrogen and oxygen atoms in total. The van der Waals surface area contributed by atoms with Crippen LogP contribution in [-0.4, -0.2) is 23.3 Å². The minimum absolute atomic E-state index is 0.154. The van der Waals surface area contributed by atoms with Gasteiger partial charge in [0.2, 0.25) is 5.56 Å². The van der Waals surface area contributed by atoms with Crippen LogP contribution < -0.4 is 10.9 Å². The largest absolute Gasteiger partial charge is 0.352 e. The lowest BCUT2D eigenvalue weighted by atomic mass is 10.2. The summed E-state index contributed by atoms with van der Waals surface area (Å²) in [5.74, 6) is 0.544. The number of amides is 1. The molecule has 0 aliphatic heterocycles. The molecule has 94 valence electrons. The normalized spacial score (nSPS) is 10.2. The number of carbonyl (C=O) groups is 1. The Bertz CT molecular complexity index is 383. The second-order valence-electron chi connectivity index (χ2n) is 3.80. The van der Waals surface area contributed by atoms with Gasteiger partial charge in [-0.1, -0.05) is 12.8 Å². The van der Waals surface area contributed by atoms with Crippen molar-refractivity contribution in [2.75, 3.05) is 12.4 Å². The number of H-pyrrole nitrogens is 1. The molecule has 0 atom stereocenters. The Balaban J connectivity index is 2.21. The summed E-state index contributed by atoms with van der Waals surface area (Å²) >= 11 is 5.56. The Morgan fingerprint density at radius 3 is 2.65 bits per heavy atom. The molecule has 0 saturated heterocycles. The van der Waals surface area contributed by atoms with Crippen LogP contribution in [0.2, 0.25) is 0 Å². The van der Waals surface area contributed by atoms with Crippen LogP contribution in [0.5, 0.6) is 0 Å². The molecule has 0 aliphatic carbocycles. The van der Waals surface area contributed by atoms with Crippen LogP contribution in [-0.2, 0) is 0 Å². The zero-order chi connectivity index (χ0) is 12.5. The van der Waals surface area contributed by atoms with E-state index in [9.17, 15) is 9.59 Å². The summed E-state index contributed by atoms with van der Waals surface area (Å²) < 4.78 is 0. The summed E-state index contributed by atoms with van der Waals surface area (Å²) in [7, 11) is 0. The Hall–Kier alpha value is -1.29. The summed E-state index contributed by atoms with van der Waals surface area (Å²) in [6, 6.07) is 2.86. The average Bonchev–Trinajstić information content (AvgIpc) is 2.34. The summed E-state index contributed by atoms with van der Waals surface area (Å²) in [4.78, 5) is 24.9. The smallest absolute Gasteiger partial charge is 0.252 e. The zero-order valence-electron chi connectivity index (χ0n) is 9.67. The first-order chi connectivity index (χ1) is 8.24. The van der Waals surface area contributed by atoms with Gasteiger partial charge in [0.1, 0.15) is 0 Å². The maximum atomic E-state index is 11.6. The number of pyridine rings is 1. The molecule has 1 aromatic heterocycles. The Morgan fingerprint density at radius 2 is 2.00 bits per heavy atom. The highest BCUT2D eigenvalue weighted by molar-refractivity contribution is 6.17. The van der Waals surface area contributed by atoms with Crippen molar-refractivity contribution in [2.24, 2.45) is 0 Å². The SMILES string of the molecule is O=C(NCCCCCCCl)c1ccc(=O)[nH]c1. The first-order valence-electron chi connectivity index (χ1n) is 5.77. The number of hydrogen-bond donors (Lipinski definition) is 2. The molecule has 1 aromatic rings. The van der Waals surface area contributed by atoms with E-state index in [1.165, 1.54) is 18.3 Å². The van der Waals surface area contributed by atoms with E-state index in [-0.39, 0.29) is 11.5 Å². The highest BCUT2D eigenvalue weighted by Crippen LogP contribution is 2.00. The molecule has 5 heteroatoms. The van der Waals surface area contributed by atoms with Crippen LogP contribution in [0.3, 0.4) is 0 Å². The van der Waals surface area contributed by atoms with E-state index in [4.69, 9.17) is 11.6 Å². The standard InChI is InChI=1S/C12H17ClN2O2/c13-7-3-1-2-4-8-14-12(17)10-5-6-11(16)15-9-10/h5-6,9H,1-4,7-8H2,(H,14,17)(H,15,16). The second-order valence-corrected chi connectivity index (χ2v) is 4.18. The van der Waals surface area contributed by atoms with Gasteiger partial charge in [0.15, 0.2) is 0 Å². The van der Waals surface area contributed by atoms with Crippen molar-refractivity contribution in [2.45, 2.75) is 25.7 Å². The highest BCUT2D eigenvalue weighted by atomic mass is 35.5. The number of aromatic amines is 1. The highest BCUT2D eigenvalue weighted by Gasteiger charge is 2.03. The van der Waals surface area contributed by atoms with Crippen molar-refractivity contribution in [3.8, 4) is 0 Å². The van der Waals surface area contributed by atoms with Gasteiger partial charge in [-0.3, -0.25) is 9.59 Å². The van der Waals surface area contributed by atoms with Crippen molar-refractivity contribution >= 4 is 17.5 Å². The van der Waals surface area contributed by atoms with Crippen molar-refractivity contribution in [1.82, 2.24) is 10.3 Å². The topological polar surface area (TPSA) is 62.0 Å². The van der Waals surface area contributed by atoms with Gasteiger partial charge in [0.25, 0.3) is 5.91 Å². The molecule has 0 saturated carbocycles. The minimum atomic E-state index is -0.206. The third-order valence-electron chi connectivity index (χ3n) is 2.39. The van der Waals surface area contributed by atoms with E-state index in [2.05, 4.69) is 10.3 Å². The molecule has 0 fully saturated rings. The van der Waals surface area contributed by atoms with Gasteiger partial charge in [-0.15, -0.1) is 11.6 Å². The number of hydrogen-bond acceptors (Lipinski definition) is 2. The van der Waals surface area contributed by atoms with Gasteiger partial charge in [0, 0.05) is 24.7 Å². The van der Waals surface area contributed by atoms with Crippen molar-refractivity contribution < 1.29 is 4.79 Å². The molecule has 2 N–H and O–H groups in total. The third kappa shape index (κ3) is 5.54. The van der Waals surface area contributed by atoms with Crippen molar-refractivity contribution in [3.63, 3.8) is 0 Å². The number of aromatic nitrogens is 1. The molecule has 1 rings (SSSR count). The lowest BCUT2D eigenvalue weighted by Crippen LogP contribution is -2.25. The molecule has 17 heavy (non-hydrogen) atoms. The fourth-order valence-electron chi connectivity index (χ4n) is 1.43. The van der Waals surface area contributed by atoms with E-state index < -0.39 is 0 Å². The van der Waals surface area contributed by atoms with E-state index in [0.717, 1.165) is 25.7 Å². The van der Waals surface area contributed by atoms with Crippen LogP contribution in [0.25, 0.3) is 0 Å². The molecule has 0 aromatic carbocycles. The number of rotatable bonds is 7. The summed E-state index contributed by atoms with van der Waals surface area (Å²) in [6.45, 7) is 0.653. The van der Waals surface area contributed by atoms with Crippen LogP contribution in [0.4, 0.5) is 0 Å². The van der Waals surface area contributed by atoms with Gasteiger partial charge in [-0.2, -0.15) is 0 Å². The van der Waals surface area contributed by atoms with Gasteiger partial charge in [-0.25, -0.2) is 0 Å². The number of nitrogens with one attached hydrogen (secondary N) is 2. The van der Waals surface area contributed by atoms with Crippen molar-refractivity contribution in [1.29, 1.82) is 0 Å². The predicted molar refractivity (Wildman–Crippen MR) is 68.6 cm³/mol. The van der Waals surface area contributed by atoms with Crippen molar-refractivity contribution in [3.05, 3.63) is 34.2 Å². The first-order valence-corrected chi connectivity index (χ1v) is 6.30. The number of carbonyl (C=O) groups excluding carboxylic acids is 1. The predicted octanol–water partition coefficient (Wildman–Crippen LogP) is 1.90. The Labute approximate surface area is 105 Å².